The van der Waals surface area contributed by atoms with Crippen molar-refractivity contribution in [1.82, 2.24) is 25.3 Å². The van der Waals surface area contributed by atoms with E-state index in [-0.39, 0.29) is 76.7 Å². The first-order valence-electron chi connectivity index (χ1n) is 19.6. The molecule has 0 spiro atoms. The summed E-state index contributed by atoms with van der Waals surface area (Å²) in [4.78, 5) is 117. The van der Waals surface area contributed by atoms with Crippen LogP contribution in [-0.4, -0.2) is 156 Å². The van der Waals surface area contributed by atoms with Crippen LogP contribution in [0.3, 0.4) is 0 Å². The second-order valence-electron chi connectivity index (χ2n) is 15.5. The maximum Gasteiger partial charge on any atom is 0.302 e. The summed E-state index contributed by atoms with van der Waals surface area (Å²) in [7, 11) is 0. The third kappa shape index (κ3) is 12.5. The Morgan fingerprint density at radius 3 is 1.66 bits per heavy atom. The number of nitrogens with one attached hydrogen (secondary N) is 2. The van der Waals surface area contributed by atoms with Gasteiger partial charge in [0.2, 0.25) is 11.8 Å². The lowest BCUT2D eigenvalue weighted by Crippen LogP contribution is -2.91. The molecular weight excluding hydrogens is 873 g/mol. The summed E-state index contributed by atoms with van der Waals surface area (Å²) in [6.45, 7) is 16.8. The van der Waals surface area contributed by atoms with E-state index in [1.165, 1.54) is 58.9 Å². The van der Waals surface area contributed by atoms with Crippen molar-refractivity contribution in [2.24, 2.45) is 9.98 Å². The van der Waals surface area contributed by atoms with Gasteiger partial charge < -0.3 is 30.0 Å². The van der Waals surface area contributed by atoms with Crippen molar-refractivity contribution < 1.29 is 58.3 Å². The molecule has 5 amide bonds. The minimum Gasteiger partial charge on any atom is -0.543 e. The Labute approximate surface area is 371 Å². The topological polar surface area (TPSA) is 253 Å². The number of esters is 2. The molecule has 4 N–H and O–H groups in total. The van der Waals surface area contributed by atoms with Crippen LogP contribution in [-0.2, 0) is 47.8 Å². The third-order valence-electron chi connectivity index (χ3n) is 8.88. The average molecular weight is 927 g/mol. The zero-order chi connectivity index (χ0) is 45.5. The summed E-state index contributed by atoms with van der Waals surface area (Å²) < 4.78 is 10.3. The molecule has 0 aliphatic carbocycles. The fourth-order valence-corrected chi connectivity index (χ4v) is 11.1. The van der Waals surface area contributed by atoms with Gasteiger partial charge in [-0.05, 0) is 67.2 Å². The Hall–Kier alpha value is -4.06. The molecule has 0 saturated carbocycles. The third-order valence-corrected chi connectivity index (χ3v) is 13.5. The molecule has 4 atom stereocenters. The normalized spacial score (nSPS) is 21.6. The molecule has 19 nitrogen and oxygen atoms in total. The van der Waals surface area contributed by atoms with Gasteiger partial charge in [-0.15, -0.1) is 23.5 Å². The molecule has 0 radical (unpaired) electrons. The van der Waals surface area contributed by atoms with E-state index in [4.69, 9.17) is 9.47 Å². The largest absolute Gasteiger partial charge is 0.543 e. The first kappa shape index (κ1) is 49.6. The van der Waals surface area contributed by atoms with Gasteiger partial charge in [-0.1, -0.05) is 11.8 Å². The monoisotopic (exact) mass is 926 g/mol. The van der Waals surface area contributed by atoms with Crippen LogP contribution in [0.1, 0.15) is 69.2 Å². The van der Waals surface area contributed by atoms with Gasteiger partial charge in [0.05, 0.1) is 35.3 Å². The van der Waals surface area contributed by atoms with Crippen molar-refractivity contribution in [3.05, 3.63) is 22.5 Å². The molecule has 4 aliphatic rings. The fraction of sp³-hybridized carbons (Fsp3) is 0.632. The summed E-state index contributed by atoms with van der Waals surface area (Å²) >= 11 is 4.73. The van der Waals surface area contributed by atoms with Gasteiger partial charge in [-0.25, -0.2) is 4.99 Å². The summed E-state index contributed by atoms with van der Waals surface area (Å²) in [6, 6.07) is -2.64. The maximum atomic E-state index is 14.8. The first-order chi connectivity index (χ1) is 28.6. The zero-order valence-electron chi connectivity index (χ0n) is 35.8. The van der Waals surface area contributed by atoms with Crippen LogP contribution in [0.2, 0.25) is 0 Å². The van der Waals surface area contributed by atoms with E-state index in [0.29, 0.717) is 5.57 Å². The van der Waals surface area contributed by atoms with E-state index < -0.39 is 76.1 Å². The number of aliphatic carboxylic acids is 1. The van der Waals surface area contributed by atoms with E-state index in [1.807, 2.05) is 33.0 Å². The number of aliphatic imine (C=N–C) groups is 2. The lowest BCUT2D eigenvalue weighted by atomic mass is 10.0. The predicted octanol–water partition coefficient (Wildman–Crippen LogP) is -0.625. The molecule has 2 fully saturated rings. The molecule has 0 aromatic heterocycles. The van der Waals surface area contributed by atoms with Crippen LogP contribution in [0.5, 0.6) is 0 Å². The molecule has 0 aromatic rings. The van der Waals surface area contributed by atoms with Crippen LogP contribution < -0.4 is 21.1 Å². The highest BCUT2D eigenvalue weighted by Crippen LogP contribution is 2.42. The lowest BCUT2D eigenvalue weighted by molar-refractivity contribution is -0.567. The van der Waals surface area contributed by atoms with Crippen LogP contribution in [0.15, 0.2) is 32.5 Å². The molecule has 61 heavy (non-hydrogen) atoms. The molecule has 2 saturated heterocycles. The van der Waals surface area contributed by atoms with Gasteiger partial charge in [-0.3, -0.25) is 58.6 Å². The number of β-lactam (4-membered cyclic amide) rings is 2. The Morgan fingerprint density at radius 2 is 1.23 bits per heavy atom. The number of carboxylic acids is 1. The number of amidine groups is 2. The number of nitrogens with zero attached hydrogens (tertiary/aromatic N) is 5. The Balaban J connectivity index is 1.51. The number of carboxylic acid groups (broad SMARTS) is 1. The molecular formula is C38H54N8O11S4. The number of hydrogen-bond donors (Lipinski definition) is 3. The maximum absolute atomic E-state index is 14.8. The minimum atomic E-state index is -1.61. The standard InChI is InChI=1S/C38H54N8O11S4/c1-17(2)39-37(40-18(3)4)60-15-25(49)42-27-31(51)45-29(23(11-56-21(9)47)13-58-34(27)45)33(53)44(20(7)8)38(41-19(5)6)61-16-26(50)43-28-32(52)46-30(36(54)55)24(12-57-22(10)48)14-59-35(28)46/h17-20,27-28,34-35H,11-16H2,1-10H3,(H,39,40)(H,42,49)(H,43,50)(H,54,55)/t27-,28-,34-,35-/m1/s1. The van der Waals surface area contributed by atoms with Gasteiger partial charge in [0.15, 0.2) is 5.17 Å². The number of thioether (sulfide) groups is 4. The van der Waals surface area contributed by atoms with Crippen LogP contribution in [0, 0.1) is 0 Å². The molecule has 336 valence electrons. The highest BCUT2D eigenvalue weighted by molar-refractivity contribution is 8.14. The molecule has 4 rings (SSSR count). The second kappa shape index (κ2) is 21.8. The van der Waals surface area contributed by atoms with E-state index in [0.717, 1.165) is 21.8 Å². The number of carbonyl (C=O) groups is 8. The van der Waals surface area contributed by atoms with Crippen LogP contribution in [0.4, 0.5) is 0 Å². The highest BCUT2D eigenvalue weighted by atomic mass is 32.2. The fourth-order valence-electron chi connectivity index (χ4n) is 6.37. The Morgan fingerprint density at radius 1 is 0.770 bits per heavy atom. The summed E-state index contributed by atoms with van der Waals surface area (Å²) in [5, 5.41) is 19.0. The van der Waals surface area contributed by atoms with Gasteiger partial charge in [0, 0.05) is 48.6 Å². The number of ether oxygens (including phenoxy) is 2. The van der Waals surface area contributed by atoms with Crippen molar-refractivity contribution in [2.45, 2.75) is 116 Å². The molecule has 0 unspecified atom stereocenters. The van der Waals surface area contributed by atoms with E-state index in [2.05, 4.69) is 20.6 Å². The number of nitrogens with two attached hydrogens (primary N) is 1. The molecule has 4 heterocycles. The smallest absolute Gasteiger partial charge is 0.302 e. The van der Waals surface area contributed by atoms with Crippen molar-refractivity contribution >= 4 is 105 Å². The summed E-state index contributed by atoms with van der Waals surface area (Å²) in [5.74, 6) is -5.54. The Kier molecular flexibility index (Phi) is 17.8. The van der Waals surface area contributed by atoms with Gasteiger partial charge in [-0.2, -0.15) is 0 Å². The van der Waals surface area contributed by atoms with Crippen LogP contribution in [0.25, 0.3) is 0 Å². The number of rotatable bonds is 16. The first-order valence-corrected chi connectivity index (χ1v) is 23.7. The number of hydrogen-bond acceptors (Lipinski definition) is 17. The average Bonchev–Trinajstić information content (AvgIpc) is 3.16. The molecule has 0 aromatic carbocycles. The lowest BCUT2D eigenvalue weighted by Gasteiger charge is -2.51. The molecule has 4 aliphatic heterocycles. The molecule has 0 bridgehead atoms. The minimum absolute atomic E-state index is 0.0118. The highest BCUT2D eigenvalue weighted by Gasteiger charge is 2.55. The van der Waals surface area contributed by atoms with Crippen molar-refractivity contribution in [3.8, 4) is 0 Å². The zero-order valence-corrected chi connectivity index (χ0v) is 39.1. The van der Waals surface area contributed by atoms with Gasteiger partial charge in [0.25, 0.3) is 22.9 Å². The van der Waals surface area contributed by atoms with Gasteiger partial charge >= 0.3 is 11.9 Å². The number of quaternary nitrogens is 1. The number of fused-ring (bicyclic) bond motifs is 2. The van der Waals surface area contributed by atoms with E-state index >= 15 is 0 Å². The van der Waals surface area contributed by atoms with Gasteiger partial charge in [0.1, 0.15) is 41.7 Å². The quantitative estimate of drug-likeness (QED) is 0.0755. The Bertz CT molecular complexity index is 1920. The summed E-state index contributed by atoms with van der Waals surface area (Å²) in [6.07, 6.45) is 0. The predicted molar refractivity (Wildman–Crippen MR) is 231 cm³/mol. The van der Waals surface area contributed by atoms with Crippen molar-refractivity contribution in [2.75, 3.05) is 36.2 Å². The second-order valence-corrected chi connectivity index (χ2v) is 19.6. The summed E-state index contributed by atoms with van der Waals surface area (Å²) in [5.41, 5.74) is 0.171. The number of carbonyl (C=O) groups excluding carboxylic acids is 8. The number of amides is 5. The van der Waals surface area contributed by atoms with Crippen molar-refractivity contribution in [3.63, 3.8) is 0 Å². The molecule has 23 heteroatoms. The van der Waals surface area contributed by atoms with Crippen LogP contribution >= 0.6 is 47.0 Å². The van der Waals surface area contributed by atoms with E-state index in [1.54, 1.807) is 27.7 Å². The van der Waals surface area contributed by atoms with Crippen molar-refractivity contribution in [1.29, 1.82) is 0 Å². The van der Waals surface area contributed by atoms with E-state index in [9.17, 15) is 43.5 Å². The SMILES string of the molecule is CC(=O)OCC1=C(C(=O)[O-])N2C(=O)[C@@H](NC(=O)CSC(=NC(C)C)N(C(=O)C3=C(COC(C)=O)CS[C@@H]4[C@H](NC(=O)CSC(=NC(C)C)[NH2+]C(C)C)C(=O)N34)C(C)C)[C@H]2SC1.